The molecule has 1 heterocycles. The van der Waals surface area contributed by atoms with Gasteiger partial charge in [0.25, 0.3) is 0 Å². The molecule has 0 radical (unpaired) electrons. The molecule has 2 aromatic rings. The highest BCUT2D eigenvalue weighted by Crippen LogP contribution is 2.27. The van der Waals surface area contributed by atoms with Gasteiger partial charge in [-0.3, -0.25) is 4.79 Å². The molecule has 3 rings (SSSR count). The largest absolute Gasteiger partial charge is 0.481 e. The van der Waals surface area contributed by atoms with Crippen LogP contribution < -0.4 is 0 Å². The second kappa shape index (κ2) is 7.57. The summed E-state index contributed by atoms with van der Waals surface area (Å²) in [7, 11) is -7.23. The Hall–Kier alpha value is -1.97. The minimum atomic E-state index is -3.95. The summed E-state index contributed by atoms with van der Waals surface area (Å²) in [6.45, 7) is -0.0261. The van der Waals surface area contributed by atoms with Crippen LogP contribution in [-0.2, 0) is 24.7 Å². The third-order valence-electron chi connectivity index (χ3n) is 4.71. The van der Waals surface area contributed by atoms with E-state index in [1.165, 1.54) is 10.4 Å². The van der Waals surface area contributed by atoms with E-state index in [2.05, 4.69) is 0 Å². The van der Waals surface area contributed by atoms with Crippen molar-refractivity contribution in [3.8, 4) is 0 Å². The summed E-state index contributed by atoms with van der Waals surface area (Å²) in [5.74, 6) is -1.30. The lowest BCUT2D eigenvalue weighted by Crippen LogP contribution is -2.41. The standard InChI is InChI=1S/C18H21NO6S2/c20-18(21)6-3-10-19(16-9-11-26(22,23)13-16)27(24,25)17-8-7-14-4-1-2-5-15(14)12-17/h1-2,4-5,7-8,12,16H,3,6,9-11,13H2,(H,20,21)/t16-/m0/s1. The van der Waals surface area contributed by atoms with E-state index in [1.54, 1.807) is 12.1 Å². The van der Waals surface area contributed by atoms with Crippen LogP contribution in [0.25, 0.3) is 10.8 Å². The summed E-state index contributed by atoms with van der Waals surface area (Å²) >= 11 is 0. The van der Waals surface area contributed by atoms with Crippen LogP contribution in [0.4, 0.5) is 0 Å². The van der Waals surface area contributed by atoms with Gasteiger partial charge < -0.3 is 5.11 Å². The first kappa shape index (κ1) is 19.8. The van der Waals surface area contributed by atoms with Crippen LogP contribution in [0.1, 0.15) is 19.3 Å². The fourth-order valence-corrected chi connectivity index (χ4v) is 6.90. The summed E-state index contributed by atoms with van der Waals surface area (Å²) < 4.78 is 51.3. The topological polar surface area (TPSA) is 109 Å². The second-order valence-electron chi connectivity index (χ2n) is 6.68. The molecule has 1 saturated heterocycles. The zero-order chi connectivity index (χ0) is 19.7. The fraction of sp³-hybridized carbons (Fsp3) is 0.389. The van der Waals surface area contributed by atoms with Crippen LogP contribution in [-0.4, -0.2) is 56.3 Å². The number of hydrogen-bond donors (Lipinski definition) is 1. The number of carboxylic acid groups (broad SMARTS) is 1. The summed E-state index contributed by atoms with van der Waals surface area (Å²) in [4.78, 5) is 10.9. The smallest absolute Gasteiger partial charge is 0.303 e. The molecule has 0 aliphatic carbocycles. The lowest BCUT2D eigenvalue weighted by Gasteiger charge is -2.27. The zero-order valence-electron chi connectivity index (χ0n) is 14.6. The summed E-state index contributed by atoms with van der Waals surface area (Å²) in [6, 6.07) is 11.5. The number of fused-ring (bicyclic) bond motifs is 1. The van der Waals surface area contributed by atoms with E-state index < -0.39 is 31.9 Å². The predicted octanol–water partition coefficient (Wildman–Crippen LogP) is 1.88. The van der Waals surface area contributed by atoms with Crippen molar-refractivity contribution in [1.29, 1.82) is 0 Å². The molecular weight excluding hydrogens is 390 g/mol. The number of nitrogens with zero attached hydrogens (tertiary/aromatic N) is 1. The first-order valence-electron chi connectivity index (χ1n) is 8.62. The molecule has 1 atom stereocenters. The number of rotatable bonds is 7. The van der Waals surface area contributed by atoms with Crippen molar-refractivity contribution in [1.82, 2.24) is 4.31 Å². The molecule has 9 heteroatoms. The van der Waals surface area contributed by atoms with E-state index in [0.29, 0.717) is 0 Å². The van der Waals surface area contributed by atoms with Crippen LogP contribution in [0.2, 0.25) is 0 Å². The van der Waals surface area contributed by atoms with Gasteiger partial charge in [0.1, 0.15) is 0 Å². The van der Waals surface area contributed by atoms with Crippen LogP contribution >= 0.6 is 0 Å². The van der Waals surface area contributed by atoms with Crippen molar-refractivity contribution in [2.24, 2.45) is 0 Å². The SMILES string of the molecule is O=C(O)CCCN([C@H]1CCS(=O)(=O)C1)S(=O)(=O)c1ccc2ccccc2c1. The lowest BCUT2D eigenvalue weighted by atomic mass is 10.1. The monoisotopic (exact) mass is 411 g/mol. The first-order chi connectivity index (χ1) is 12.7. The zero-order valence-corrected chi connectivity index (χ0v) is 16.2. The highest BCUT2D eigenvalue weighted by Gasteiger charge is 2.38. The van der Waals surface area contributed by atoms with Crippen molar-refractivity contribution < 1.29 is 26.7 Å². The molecule has 0 amide bonds. The van der Waals surface area contributed by atoms with E-state index in [0.717, 1.165) is 10.8 Å². The molecule has 0 aromatic heterocycles. The number of sulfone groups is 1. The lowest BCUT2D eigenvalue weighted by molar-refractivity contribution is -0.137. The average molecular weight is 412 g/mol. The Balaban J connectivity index is 1.95. The fourth-order valence-electron chi connectivity index (χ4n) is 3.35. The van der Waals surface area contributed by atoms with Gasteiger partial charge in [-0.2, -0.15) is 4.31 Å². The van der Waals surface area contributed by atoms with E-state index in [4.69, 9.17) is 5.11 Å². The molecule has 0 spiro atoms. The molecule has 1 fully saturated rings. The molecule has 7 nitrogen and oxygen atoms in total. The highest BCUT2D eigenvalue weighted by atomic mass is 32.2. The molecule has 27 heavy (non-hydrogen) atoms. The number of benzene rings is 2. The van der Waals surface area contributed by atoms with Gasteiger partial charge >= 0.3 is 5.97 Å². The maximum Gasteiger partial charge on any atom is 0.303 e. The van der Waals surface area contributed by atoms with E-state index >= 15 is 0 Å². The maximum atomic E-state index is 13.2. The quantitative estimate of drug-likeness (QED) is 0.745. The Morgan fingerprint density at radius 2 is 1.85 bits per heavy atom. The van der Waals surface area contributed by atoms with Crippen molar-refractivity contribution in [3.63, 3.8) is 0 Å². The molecule has 2 aromatic carbocycles. The van der Waals surface area contributed by atoms with E-state index in [1.807, 2.05) is 24.3 Å². The minimum absolute atomic E-state index is 0.0261. The van der Waals surface area contributed by atoms with Gasteiger partial charge in [0.2, 0.25) is 10.0 Å². The number of carbonyl (C=O) groups is 1. The Labute approximate surface area is 158 Å². The Morgan fingerprint density at radius 1 is 1.15 bits per heavy atom. The molecule has 0 bridgehead atoms. The Morgan fingerprint density at radius 3 is 2.48 bits per heavy atom. The molecule has 1 aliphatic heterocycles. The molecule has 146 valence electrons. The number of carboxylic acids is 1. The van der Waals surface area contributed by atoms with Gasteiger partial charge in [-0.1, -0.05) is 30.3 Å². The van der Waals surface area contributed by atoms with Gasteiger partial charge in [-0.05, 0) is 35.7 Å². The molecule has 1 N–H and O–H groups in total. The van der Waals surface area contributed by atoms with Gasteiger partial charge in [0.15, 0.2) is 9.84 Å². The first-order valence-corrected chi connectivity index (χ1v) is 11.9. The summed E-state index contributed by atoms with van der Waals surface area (Å²) in [6.07, 6.45) is 0.171. The number of sulfonamides is 1. The minimum Gasteiger partial charge on any atom is -0.481 e. The molecule has 0 unspecified atom stereocenters. The third kappa shape index (κ3) is 4.48. The van der Waals surface area contributed by atoms with Crippen LogP contribution in [0, 0.1) is 0 Å². The van der Waals surface area contributed by atoms with E-state index in [-0.39, 0.29) is 42.2 Å². The van der Waals surface area contributed by atoms with Gasteiger partial charge in [0.05, 0.1) is 16.4 Å². The van der Waals surface area contributed by atoms with E-state index in [9.17, 15) is 21.6 Å². The Kier molecular flexibility index (Phi) is 5.55. The third-order valence-corrected chi connectivity index (χ3v) is 8.41. The molecule has 0 saturated carbocycles. The normalized spacial score (nSPS) is 19.5. The summed E-state index contributed by atoms with van der Waals surface area (Å²) in [5, 5.41) is 10.5. The van der Waals surface area contributed by atoms with Crippen molar-refractivity contribution in [2.75, 3.05) is 18.1 Å². The number of hydrogen-bond acceptors (Lipinski definition) is 5. The van der Waals surface area contributed by atoms with Gasteiger partial charge in [0, 0.05) is 19.0 Å². The van der Waals surface area contributed by atoms with Crippen molar-refractivity contribution >= 4 is 36.6 Å². The van der Waals surface area contributed by atoms with Crippen LogP contribution in [0.15, 0.2) is 47.4 Å². The summed E-state index contributed by atoms with van der Waals surface area (Å²) in [5.41, 5.74) is 0. The van der Waals surface area contributed by atoms with Crippen LogP contribution in [0.3, 0.4) is 0 Å². The predicted molar refractivity (Wildman–Crippen MR) is 102 cm³/mol. The second-order valence-corrected chi connectivity index (χ2v) is 10.8. The highest BCUT2D eigenvalue weighted by molar-refractivity contribution is 7.92. The van der Waals surface area contributed by atoms with Crippen LogP contribution in [0.5, 0.6) is 0 Å². The Bertz CT molecular complexity index is 1060. The molecular formula is C18H21NO6S2. The van der Waals surface area contributed by atoms with Gasteiger partial charge in [-0.25, -0.2) is 16.8 Å². The van der Waals surface area contributed by atoms with Crippen molar-refractivity contribution in [2.45, 2.75) is 30.2 Å². The average Bonchev–Trinajstić information content (AvgIpc) is 2.97. The molecule has 1 aliphatic rings. The van der Waals surface area contributed by atoms with Crippen molar-refractivity contribution in [3.05, 3.63) is 42.5 Å². The number of aliphatic carboxylic acids is 1. The van der Waals surface area contributed by atoms with Gasteiger partial charge in [-0.15, -0.1) is 0 Å². The maximum absolute atomic E-state index is 13.2.